The van der Waals surface area contributed by atoms with Crippen molar-refractivity contribution in [2.75, 3.05) is 0 Å². The number of imide groups is 1. The molecule has 1 saturated carbocycles. The second-order valence-electron chi connectivity index (χ2n) is 7.33. The molecule has 9 heteroatoms. The van der Waals surface area contributed by atoms with Crippen LogP contribution in [0.25, 0.3) is 10.2 Å². The first-order chi connectivity index (χ1) is 13.5. The Morgan fingerprint density at radius 3 is 2.79 bits per heavy atom. The van der Waals surface area contributed by atoms with Crippen LogP contribution >= 0.6 is 23.1 Å². The van der Waals surface area contributed by atoms with Crippen molar-refractivity contribution in [3.05, 3.63) is 20.8 Å². The number of carbonyl (C=O) groups excluding carboxylic acids is 2. The number of carbonyl (C=O) groups is 2. The van der Waals surface area contributed by atoms with Crippen LogP contribution in [0, 0.1) is 0 Å². The van der Waals surface area contributed by atoms with E-state index < -0.39 is 11.3 Å². The van der Waals surface area contributed by atoms with Gasteiger partial charge >= 0.3 is 6.03 Å². The number of thiophene rings is 1. The number of fused-ring (bicyclic) bond motifs is 3. The van der Waals surface area contributed by atoms with Crippen molar-refractivity contribution in [2.45, 2.75) is 75.4 Å². The number of hydrogen-bond acceptors (Lipinski definition) is 6. The molecule has 2 aromatic heterocycles. The first-order valence-corrected chi connectivity index (χ1v) is 11.5. The van der Waals surface area contributed by atoms with E-state index in [1.807, 2.05) is 6.92 Å². The van der Waals surface area contributed by atoms with Crippen molar-refractivity contribution in [1.29, 1.82) is 0 Å². The maximum Gasteiger partial charge on any atom is 0.321 e. The van der Waals surface area contributed by atoms with Gasteiger partial charge in [-0.05, 0) is 57.9 Å². The van der Waals surface area contributed by atoms with Crippen LogP contribution in [0.4, 0.5) is 4.79 Å². The number of nitrogens with zero attached hydrogens (tertiary/aromatic N) is 2. The standard InChI is InChI=1S/C19H24N4O3S2/c1-3-23-17(25)14-12-6-4-5-7-13(12)28-16(14)22-19(23)27-10(2)15(24)21-18(26)20-11-8-9-11/h10-11H,3-9H2,1-2H3,(H2,20,21,24,26). The van der Waals surface area contributed by atoms with Crippen molar-refractivity contribution < 1.29 is 9.59 Å². The van der Waals surface area contributed by atoms with E-state index in [1.54, 1.807) is 22.8 Å². The summed E-state index contributed by atoms with van der Waals surface area (Å²) in [7, 11) is 0. The van der Waals surface area contributed by atoms with Gasteiger partial charge in [0.25, 0.3) is 5.56 Å². The molecule has 150 valence electrons. The third kappa shape index (κ3) is 3.82. The number of amides is 3. The van der Waals surface area contributed by atoms with Crippen LogP contribution < -0.4 is 16.2 Å². The van der Waals surface area contributed by atoms with Crippen LogP contribution in [0.2, 0.25) is 0 Å². The summed E-state index contributed by atoms with van der Waals surface area (Å²) in [5, 5.41) is 5.86. The zero-order valence-electron chi connectivity index (χ0n) is 16.0. The van der Waals surface area contributed by atoms with Crippen LogP contribution in [0.3, 0.4) is 0 Å². The second-order valence-corrected chi connectivity index (χ2v) is 9.72. The van der Waals surface area contributed by atoms with Crippen LogP contribution in [-0.2, 0) is 24.2 Å². The van der Waals surface area contributed by atoms with Crippen molar-refractivity contribution in [3.8, 4) is 0 Å². The van der Waals surface area contributed by atoms with Gasteiger partial charge in [0.05, 0.1) is 10.6 Å². The molecule has 0 aromatic carbocycles. The second kappa shape index (κ2) is 7.87. The maximum atomic E-state index is 13.1. The highest BCUT2D eigenvalue weighted by molar-refractivity contribution is 8.00. The molecule has 1 unspecified atom stereocenters. The zero-order chi connectivity index (χ0) is 19.8. The normalized spacial score (nSPS) is 17.2. The number of aryl methyl sites for hydroxylation is 2. The average Bonchev–Trinajstić information content (AvgIpc) is 3.38. The van der Waals surface area contributed by atoms with Crippen molar-refractivity contribution >= 4 is 45.3 Å². The molecule has 2 aromatic rings. The van der Waals surface area contributed by atoms with Gasteiger partial charge in [-0.15, -0.1) is 11.3 Å². The lowest BCUT2D eigenvalue weighted by Gasteiger charge is -2.15. The van der Waals surface area contributed by atoms with Crippen LogP contribution in [0.1, 0.15) is 50.0 Å². The van der Waals surface area contributed by atoms with Crippen LogP contribution in [0.5, 0.6) is 0 Å². The molecule has 1 fully saturated rings. The average molecular weight is 421 g/mol. The van der Waals surface area contributed by atoms with Gasteiger partial charge < -0.3 is 5.32 Å². The van der Waals surface area contributed by atoms with Gasteiger partial charge in [0.1, 0.15) is 4.83 Å². The summed E-state index contributed by atoms with van der Waals surface area (Å²) < 4.78 is 1.64. The molecule has 2 aliphatic rings. The lowest BCUT2D eigenvalue weighted by atomic mass is 9.97. The van der Waals surface area contributed by atoms with Crippen molar-refractivity contribution in [1.82, 2.24) is 20.2 Å². The molecule has 0 spiro atoms. The topological polar surface area (TPSA) is 93.1 Å². The van der Waals surface area contributed by atoms with Crippen LogP contribution in [0.15, 0.2) is 9.95 Å². The molecule has 7 nitrogen and oxygen atoms in total. The number of rotatable bonds is 5. The predicted octanol–water partition coefficient (Wildman–Crippen LogP) is 2.83. The fraction of sp³-hybridized carbons (Fsp3) is 0.579. The molecule has 2 heterocycles. The summed E-state index contributed by atoms with van der Waals surface area (Å²) in [6.07, 6.45) is 6.15. The molecule has 0 aliphatic heterocycles. The Morgan fingerprint density at radius 2 is 2.07 bits per heavy atom. The van der Waals surface area contributed by atoms with Gasteiger partial charge in [-0.3, -0.25) is 19.5 Å². The van der Waals surface area contributed by atoms with Gasteiger partial charge in [-0.1, -0.05) is 11.8 Å². The molecule has 0 radical (unpaired) electrons. The highest BCUT2D eigenvalue weighted by Gasteiger charge is 2.27. The highest BCUT2D eigenvalue weighted by atomic mass is 32.2. The Hall–Kier alpha value is -1.87. The third-order valence-corrected chi connectivity index (χ3v) is 7.43. The quantitative estimate of drug-likeness (QED) is 0.573. The number of aromatic nitrogens is 2. The van der Waals surface area contributed by atoms with E-state index in [9.17, 15) is 14.4 Å². The van der Waals surface area contributed by atoms with E-state index in [0.29, 0.717) is 11.7 Å². The third-order valence-electron chi connectivity index (χ3n) is 5.16. The molecule has 3 amide bonds. The van der Waals surface area contributed by atoms with E-state index in [-0.39, 0.29) is 17.5 Å². The first-order valence-electron chi connectivity index (χ1n) is 9.81. The number of nitrogens with one attached hydrogen (secondary N) is 2. The summed E-state index contributed by atoms with van der Waals surface area (Å²) in [6.45, 7) is 4.12. The Morgan fingerprint density at radius 1 is 1.32 bits per heavy atom. The smallest absolute Gasteiger partial charge is 0.321 e. The van der Waals surface area contributed by atoms with E-state index in [4.69, 9.17) is 4.98 Å². The Balaban J connectivity index is 1.58. The Labute approximate surface area is 171 Å². The summed E-state index contributed by atoms with van der Waals surface area (Å²) in [4.78, 5) is 44.1. The fourth-order valence-corrected chi connectivity index (χ4v) is 5.74. The van der Waals surface area contributed by atoms with Crippen molar-refractivity contribution in [3.63, 3.8) is 0 Å². The van der Waals surface area contributed by atoms with E-state index in [1.165, 1.54) is 22.2 Å². The summed E-state index contributed by atoms with van der Waals surface area (Å²) in [6, 6.07) is -0.267. The lowest BCUT2D eigenvalue weighted by Crippen LogP contribution is -2.43. The zero-order valence-corrected chi connectivity index (χ0v) is 17.7. The largest absolute Gasteiger partial charge is 0.335 e. The Bertz CT molecular complexity index is 993. The molecule has 0 saturated heterocycles. The highest BCUT2D eigenvalue weighted by Crippen LogP contribution is 2.35. The van der Waals surface area contributed by atoms with E-state index in [2.05, 4.69) is 10.6 Å². The minimum atomic E-state index is -0.540. The maximum absolute atomic E-state index is 13.1. The fourth-order valence-electron chi connectivity index (χ4n) is 3.46. The summed E-state index contributed by atoms with van der Waals surface area (Å²) in [5.41, 5.74) is 1.15. The molecule has 4 rings (SSSR count). The van der Waals surface area contributed by atoms with E-state index in [0.717, 1.165) is 48.7 Å². The van der Waals surface area contributed by atoms with Gasteiger partial charge in [-0.2, -0.15) is 0 Å². The molecule has 2 aliphatic carbocycles. The van der Waals surface area contributed by atoms with Gasteiger partial charge in [0.15, 0.2) is 5.16 Å². The van der Waals surface area contributed by atoms with Crippen molar-refractivity contribution in [2.24, 2.45) is 0 Å². The minimum Gasteiger partial charge on any atom is -0.335 e. The monoisotopic (exact) mass is 420 g/mol. The Kier molecular flexibility index (Phi) is 5.46. The molecule has 0 bridgehead atoms. The molecule has 2 N–H and O–H groups in total. The summed E-state index contributed by atoms with van der Waals surface area (Å²) >= 11 is 2.83. The van der Waals surface area contributed by atoms with E-state index >= 15 is 0 Å². The molecular formula is C19H24N4O3S2. The summed E-state index contributed by atoms with van der Waals surface area (Å²) in [5.74, 6) is -0.384. The minimum absolute atomic E-state index is 0.0199. The SMILES string of the molecule is CCn1c(SC(C)C(=O)NC(=O)NC2CC2)nc2sc3c(c2c1=O)CCCC3. The number of urea groups is 1. The molecular weight excluding hydrogens is 396 g/mol. The lowest BCUT2D eigenvalue weighted by molar-refractivity contribution is -0.119. The predicted molar refractivity (Wildman–Crippen MR) is 111 cm³/mol. The number of thioether (sulfide) groups is 1. The molecule has 28 heavy (non-hydrogen) atoms. The first kappa shape index (κ1) is 19.4. The van der Waals surface area contributed by atoms with Gasteiger partial charge in [0, 0.05) is 17.5 Å². The number of hydrogen-bond donors (Lipinski definition) is 2. The van der Waals surface area contributed by atoms with Gasteiger partial charge in [0.2, 0.25) is 5.91 Å². The van der Waals surface area contributed by atoms with Gasteiger partial charge in [-0.25, -0.2) is 9.78 Å². The van der Waals surface area contributed by atoms with Crippen LogP contribution in [-0.4, -0.2) is 32.8 Å². The molecule has 1 atom stereocenters.